The van der Waals surface area contributed by atoms with Crippen LogP contribution in [-0.4, -0.2) is 50.5 Å². The molecule has 0 bridgehead atoms. The minimum Gasteiger partial charge on any atom is -0.467 e. The number of carbonyl (C=O) groups excluding carboxylic acids is 2. The Hall–Kier alpha value is -2.69. The molecule has 0 aliphatic carbocycles. The molecule has 0 saturated carbocycles. The molecule has 1 aliphatic rings. The van der Waals surface area contributed by atoms with Gasteiger partial charge in [-0.25, -0.2) is 8.42 Å². The Balaban J connectivity index is 1.60. The van der Waals surface area contributed by atoms with Gasteiger partial charge in [0.2, 0.25) is 10.0 Å². The van der Waals surface area contributed by atoms with Crippen LogP contribution in [0.1, 0.15) is 17.7 Å². The third-order valence-electron chi connectivity index (χ3n) is 4.43. The minimum atomic E-state index is -3.79. The maximum absolute atomic E-state index is 13.0. The molecule has 1 aromatic heterocycles. The van der Waals surface area contributed by atoms with Crippen molar-refractivity contribution in [2.24, 2.45) is 0 Å². The van der Waals surface area contributed by atoms with Gasteiger partial charge in [-0.05, 0) is 37.6 Å². The molecule has 2 aromatic rings. The number of nitrogens with one attached hydrogen (secondary N) is 2. The molecule has 2 amide bonds. The van der Waals surface area contributed by atoms with Crippen LogP contribution in [0.3, 0.4) is 0 Å². The van der Waals surface area contributed by atoms with Gasteiger partial charge in [-0.1, -0.05) is 17.7 Å². The Labute approximate surface area is 169 Å². The second-order valence-corrected chi connectivity index (χ2v) is 8.47. The maximum atomic E-state index is 13.0. The smallest absolute Gasteiger partial charge is 0.309 e. The third-order valence-corrected chi connectivity index (χ3v) is 6.33. The highest BCUT2D eigenvalue weighted by Crippen LogP contribution is 2.22. The number of amides is 2. The largest absolute Gasteiger partial charge is 0.467 e. The molecule has 0 unspecified atom stereocenters. The number of hydrogen-bond donors (Lipinski definition) is 2. The van der Waals surface area contributed by atoms with Gasteiger partial charge in [0.05, 0.1) is 30.9 Å². The molecule has 9 nitrogen and oxygen atoms in total. The number of nitrogens with zero attached hydrogens (tertiary/aromatic N) is 1. The van der Waals surface area contributed by atoms with Crippen LogP contribution in [0.2, 0.25) is 0 Å². The van der Waals surface area contributed by atoms with Gasteiger partial charge in [0.15, 0.2) is 0 Å². The van der Waals surface area contributed by atoms with Crippen molar-refractivity contribution in [2.75, 3.05) is 19.7 Å². The summed E-state index contributed by atoms with van der Waals surface area (Å²) in [4.78, 5) is 24.1. The van der Waals surface area contributed by atoms with E-state index >= 15 is 0 Å². The number of aryl methyl sites for hydroxylation is 1. The highest BCUT2D eigenvalue weighted by Gasteiger charge is 2.34. The molecule has 3 rings (SSSR count). The van der Waals surface area contributed by atoms with E-state index in [2.05, 4.69) is 10.6 Å². The summed E-state index contributed by atoms with van der Waals surface area (Å²) in [6.07, 6.45) is 1.11. The first-order valence-electron chi connectivity index (χ1n) is 9.16. The van der Waals surface area contributed by atoms with E-state index in [0.29, 0.717) is 18.8 Å². The first-order valence-corrected chi connectivity index (χ1v) is 10.6. The zero-order chi connectivity index (χ0) is 20.9. The normalized spacial score (nSPS) is 17.6. The van der Waals surface area contributed by atoms with Crippen molar-refractivity contribution in [3.8, 4) is 0 Å². The van der Waals surface area contributed by atoms with Gasteiger partial charge in [0.25, 0.3) is 0 Å². The number of carbonyl (C=O) groups is 2. The van der Waals surface area contributed by atoms with Crippen LogP contribution in [0.5, 0.6) is 0 Å². The quantitative estimate of drug-likeness (QED) is 0.665. The summed E-state index contributed by atoms with van der Waals surface area (Å²) in [5, 5.41) is 4.86. The lowest BCUT2D eigenvalue weighted by molar-refractivity contribution is -0.140. The molecule has 2 heterocycles. The highest BCUT2D eigenvalue weighted by atomic mass is 32.2. The summed E-state index contributed by atoms with van der Waals surface area (Å²) in [7, 11) is -3.79. The van der Waals surface area contributed by atoms with E-state index in [4.69, 9.17) is 9.15 Å². The Morgan fingerprint density at radius 1 is 1.14 bits per heavy atom. The molecule has 0 radical (unpaired) electrons. The van der Waals surface area contributed by atoms with E-state index in [1.165, 1.54) is 22.7 Å². The average Bonchev–Trinajstić information content (AvgIpc) is 3.24. The van der Waals surface area contributed by atoms with Crippen molar-refractivity contribution >= 4 is 21.8 Å². The van der Waals surface area contributed by atoms with Gasteiger partial charge in [-0.15, -0.1) is 0 Å². The number of sulfonamides is 1. The molecule has 10 heteroatoms. The first kappa shape index (κ1) is 21.0. The molecule has 0 spiro atoms. The fourth-order valence-electron chi connectivity index (χ4n) is 2.87. The molecular weight excluding hydrogens is 398 g/mol. The first-order chi connectivity index (χ1) is 13.9. The van der Waals surface area contributed by atoms with Crippen molar-refractivity contribution in [1.29, 1.82) is 0 Å². The summed E-state index contributed by atoms with van der Waals surface area (Å²) >= 11 is 0. The summed E-state index contributed by atoms with van der Waals surface area (Å²) in [6, 6.07) is 9.86. The second kappa shape index (κ2) is 9.21. The molecule has 29 heavy (non-hydrogen) atoms. The van der Waals surface area contributed by atoms with Crippen LogP contribution < -0.4 is 10.6 Å². The second-order valence-electron chi connectivity index (χ2n) is 6.58. The number of furan rings is 1. The van der Waals surface area contributed by atoms with E-state index in [-0.39, 0.29) is 24.5 Å². The van der Waals surface area contributed by atoms with Crippen LogP contribution in [-0.2, 0) is 30.9 Å². The molecule has 1 aromatic carbocycles. The van der Waals surface area contributed by atoms with Crippen molar-refractivity contribution in [3.05, 3.63) is 54.0 Å². The Morgan fingerprint density at radius 3 is 2.55 bits per heavy atom. The van der Waals surface area contributed by atoms with Crippen LogP contribution in [0.25, 0.3) is 0 Å². The lowest BCUT2D eigenvalue weighted by Crippen LogP contribution is -2.53. The zero-order valence-electron chi connectivity index (χ0n) is 16.0. The van der Waals surface area contributed by atoms with E-state index in [9.17, 15) is 18.0 Å². The van der Waals surface area contributed by atoms with Crippen molar-refractivity contribution in [3.63, 3.8) is 0 Å². The standard InChI is InChI=1S/C19H23N3O6S/c1-14-5-7-16(8-6-14)29(25,26)22-9-3-11-28-17(22)13-21-19(24)18(23)20-12-15-4-2-10-27-15/h2,4-8,10,17H,3,9,11-13H2,1H3,(H,20,23)(H,21,24)/t17-/m0/s1. The van der Waals surface area contributed by atoms with Gasteiger partial charge in [-0.2, -0.15) is 4.31 Å². The fourth-order valence-corrected chi connectivity index (χ4v) is 4.43. The number of ether oxygens (including phenoxy) is 1. The third kappa shape index (κ3) is 5.22. The van der Waals surface area contributed by atoms with Crippen LogP contribution >= 0.6 is 0 Å². The van der Waals surface area contributed by atoms with E-state index in [1.54, 1.807) is 24.3 Å². The number of benzene rings is 1. The number of rotatable bonds is 6. The summed E-state index contributed by atoms with van der Waals surface area (Å²) in [6.45, 7) is 2.44. The van der Waals surface area contributed by atoms with Gasteiger partial charge in [0, 0.05) is 6.54 Å². The maximum Gasteiger partial charge on any atom is 0.309 e. The SMILES string of the molecule is Cc1ccc(S(=O)(=O)N2CCCO[C@H]2CNC(=O)C(=O)NCc2ccco2)cc1. The monoisotopic (exact) mass is 421 g/mol. The molecular formula is C19H23N3O6S. The van der Waals surface area contributed by atoms with Gasteiger partial charge < -0.3 is 19.8 Å². The van der Waals surface area contributed by atoms with Crippen LogP contribution in [0.4, 0.5) is 0 Å². The summed E-state index contributed by atoms with van der Waals surface area (Å²) < 4.78 is 37.8. The average molecular weight is 421 g/mol. The molecule has 2 N–H and O–H groups in total. The Morgan fingerprint density at radius 2 is 1.86 bits per heavy atom. The summed E-state index contributed by atoms with van der Waals surface area (Å²) in [5.41, 5.74) is 0.947. The molecule has 1 saturated heterocycles. The lowest BCUT2D eigenvalue weighted by Gasteiger charge is -2.34. The van der Waals surface area contributed by atoms with Crippen LogP contribution in [0, 0.1) is 6.92 Å². The van der Waals surface area contributed by atoms with Gasteiger partial charge in [0.1, 0.15) is 12.0 Å². The Kier molecular flexibility index (Phi) is 6.68. The van der Waals surface area contributed by atoms with E-state index in [0.717, 1.165) is 5.56 Å². The van der Waals surface area contributed by atoms with Gasteiger partial charge >= 0.3 is 11.8 Å². The van der Waals surface area contributed by atoms with Gasteiger partial charge in [-0.3, -0.25) is 9.59 Å². The number of hydrogen-bond acceptors (Lipinski definition) is 6. The zero-order valence-corrected chi connectivity index (χ0v) is 16.8. The van der Waals surface area contributed by atoms with E-state index in [1.807, 2.05) is 6.92 Å². The lowest BCUT2D eigenvalue weighted by atomic mass is 10.2. The Bertz CT molecular complexity index is 941. The predicted molar refractivity (Wildman–Crippen MR) is 103 cm³/mol. The fraction of sp³-hybridized carbons (Fsp3) is 0.368. The molecule has 1 fully saturated rings. The highest BCUT2D eigenvalue weighted by molar-refractivity contribution is 7.89. The van der Waals surface area contributed by atoms with Crippen molar-refractivity contribution in [2.45, 2.75) is 31.0 Å². The molecule has 1 atom stereocenters. The summed E-state index contributed by atoms with van der Waals surface area (Å²) in [5.74, 6) is -1.21. The van der Waals surface area contributed by atoms with Crippen LogP contribution in [0.15, 0.2) is 52.0 Å². The van der Waals surface area contributed by atoms with Crippen molar-refractivity contribution < 1.29 is 27.2 Å². The van der Waals surface area contributed by atoms with E-state index < -0.39 is 28.1 Å². The topological polar surface area (TPSA) is 118 Å². The minimum absolute atomic E-state index is 0.0765. The molecule has 156 valence electrons. The van der Waals surface area contributed by atoms with Crippen molar-refractivity contribution in [1.82, 2.24) is 14.9 Å². The predicted octanol–water partition coefficient (Wildman–Crippen LogP) is 0.758. The molecule has 1 aliphatic heterocycles.